The van der Waals surface area contributed by atoms with Gasteiger partial charge in [-0.25, -0.2) is 4.98 Å². The van der Waals surface area contributed by atoms with Gasteiger partial charge in [-0.3, -0.25) is 4.79 Å². The Morgan fingerprint density at radius 2 is 2.12 bits per heavy atom. The lowest BCUT2D eigenvalue weighted by molar-refractivity contribution is 0.659. The molecule has 0 unspecified atom stereocenters. The third-order valence-electron chi connectivity index (χ3n) is 3.90. The standard InChI is InChI=1S/C17H14ClN5O/c1-2-7-22-8-6-13-14(16(22)24)15(11-4-3-5-12(18)9-11)23-17(21-13)19-10-20-23/h3-6,8-10H,2,7H2,1H3. The third kappa shape index (κ3) is 2.27. The highest BCUT2D eigenvalue weighted by Gasteiger charge is 2.17. The molecule has 0 radical (unpaired) electrons. The molecule has 0 spiro atoms. The van der Waals surface area contributed by atoms with Crippen molar-refractivity contribution < 1.29 is 0 Å². The van der Waals surface area contributed by atoms with Crippen molar-refractivity contribution in [3.8, 4) is 11.3 Å². The highest BCUT2D eigenvalue weighted by Crippen LogP contribution is 2.27. The molecule has 24 heavy (non-hydrogen) atoms. The van der Waals surface area contributed by atoms with Crippen molar-refractivity contribution in [2.24, 2.45) is 0 Å². The fraction of sp³-hybridized carbons (Fsp3) is 0.176. The molecule has 3 aromatic heterocycles. The summed E-state index contributed by atoms with van der Waals surface area (Å²) in [5.41, 5.74) is 1.97. The van der Waals surface area contributed by atoms with Gasteiger partial charge < -0.3 is 4.57 Å². The van der Waals surface area contributed by atoms with Crippen LogP contribution in [0.4, 0.5) is 0 Å². The Labute approximate surface area is 142 Å². The lowest BCUT2D eigenvalue weighted by Crippen LogP contribution is -2.21. The second kappa shape index (κ2) is 5.72. The summed E-state index contributed by atoms with van der Waals surface area (Å²) in [5.74, 6) is 0.449. The van der Waals surface area contributed by atoms with Gasteiger partial charge in [0.1, 0.15) is 6.33 Å². The van der Waals surface area contributed by atoms with E-state index in [2.05, 4.69) is 15.1 Å². The van der Waals surface area contributed by atoms with Crippen LogP contribution in [0.2, 0.25) is 5.02 Å². The maximum Gasteiger partial charge on any atom is 0.262 e. The van der Waals surface area contributed by atoms with Gasteiger partial charge in [-0.2, -0.15) is 14.6 Å². The molecule has 0 N–H and O–H groups in total. The first-order chi connectivity index (χ1) is 11.7. The minimum atomic E-state index is -0.0887. The number of aryl methyl sites for hydroxylation is 1. The van der Waals surface area contributed by atoms with Crippen LogP contribution >= 0.6 is 11.6 Å². The van der Waals surface area contributed by atoms with Crippen molar-refractivity contribution in [2.75, 3.05) is 0 Å². The third-order valence-corrected chi connectivity index (χ3v) is 4.14. The van der Waals surface area contributed by atoms with Crippen molar-refractivity contribution in [3.63, 3.8) is 0 Å². The van der Waals surface area contributed by atoms with Crippen molar-refractivity contribution in [2.45, 2.75) is 19.9 Å². The molecular weight excluding hydrogens is 326 g/mol. The lowest BCUT2D eigenvalue weighted by atomic mass is 10.1. The molecule has 3 heterocycles. The molecule has 7 heteroatoms. The van der Waals surface area contributed by atoms with E-state index in [0.717, 1.165) is 12.0 Å². The van der Waals surface area contributed by atoms with Gasteiger partial charge >= 0.3 is 0 Å². The van der Waals surface area contributed by atoms with Crippen LogP contribution in [0.5, 0.6) is 0 Å². The molecule has 4 aromatic rings. The van der Waals surface area contributed by atoms with E-state index in [-0.39, 0.29) is 5.56 Å². The molecule has 1 aromatic carbocycles. The van der Waals surface area contributed by atoms with Crippen molar-refractivity contribution in [1.82, 2.24) is 24.1 Å². The molecule has 0 amide bonds. The van der Waals surface area contributed by atoms with Crippen LogP contribution < -0.4 is 5.56 Å². The Bertz CT molecular complexity index is 1120. The molecule has 0 aliphatic carbocycles. The second-order valence-corrected chi connectivity index (χ2v) is 5.95. The van der Waals surface area contributed by atoms with Gasteiger partial charge in [0, 0.05) is 23.3 Å². The summed E-state index contributed by atoms with van der Waals surface area (Å²) in [4.78, 5) is 21.6. The Morgan fingerprint density at radius 1 is 1.25 bits per heavy atom. The molecule has 0 atom stereocenters. The molecular formula is C17H14ClN5O. The zero-order chi connectivity index (χ0) is 16.7. The predicted octanol–water partition coefficient (Wildman–Crippen LogP) is 3.17. The molecule has 0 bridgehead atoms. The first-order valence-electron chi connectivity index (χ1n) is 7.68. The van der Waals surface area contributed by atoms with Gasteiger partial charge in [0.05, 0.1) is 16.6 Å². The van der Waals surface area contributed by atoms with Gasteiger partial charge in [0.15, 0.2) is 0 Å². The van der Waals surface area contributed by atoms with Crippen LogP contribution in [-0.2, 0) is 6.54 Å². The van der Waals surface area contributed by atoms with Gasteiger partial charge in [0.2, 0.25) is 0 Å². The Morgan fingerprint density at radius 3 is 2.92 bits per heavy atom. The smallest absolute Gasteiger partial charge is 0.262 e. The van der Waals surface area contributed by atoms with Crippen LogP contribution in [0, 0.1) is 0 Å². The summed E-state index contributed by atoms with van der Waals surface area (Å²) in [7, 11) is 0. The molecule has 0 aliphatic heterocycles. The zero-order valence-electron chi connectivity index (χ0n) is 13.0. The van der Waals surface area contributed by atoms with E-state index in [1.165, 1.54) is 6.33 Å². The number of nitrogens with zero attached hydrogens (tertiary/aromatic N) is 5. The van der Waals surface area contributed by atoms with E-state index in [1.54, 1.807) is 21.3 Å². The Hall–Kier alpha value is -2.73. The predicted molar refractivity (Wildman–Crippen MR) is 93.3 cm³/mol. The molecule has 0 saturated heterocycles. The number of halogens is 1. The summed E-state index contributed by atoms with van der Waals surface area (Å²) < 4.78 is 3.28. The highest BCUT2D eigenvalue weighted by atomic mass is 35.5. The largest absolute Gasteiger partial charge is 0.315 e. The average molecular weight is 340 g/mol. The Kier molecular flexibility index (Phi) is 3.54. The van der Waals surface area contributed by atoms with Crippen LogP contribution in [0.3, 0.4) is 0 Å². The number of pyridine rings is 1. The van der Waals surface area contributed by atoms with Crippen LogP contribution in [0.1, 0.15) is 13.3 Å². The zero-order valence-corrected chi connectivity index (χ0v) is 13.7. The van der Waals surface area contributed by atoms with Gasteiger partial charge in [-0.15, -0.1) is 0 Å². The van der Waals surface area contributed by atoms with E-state index in [0.29, 0.717) is 33.9 Å². The maximum absolute atomic E-state index is 13.0. The lowest BCUT2D eigenvalue weighted by Gasteiger charge is -2.11. The van der Waals surface area contributed by atoms with Gasteiger partial charge in [0.25, 0.3) is 11.3 Å². The average Bonchev–Trinajstić information content (AvgIpc) is 3.04. The monoisotopic (exact) mass is 339 g/mol. The van der Waals surface area contributed by atoms with Crippen molar-refractivity contribution in [1.29, 1.82) is 0 Å². The fourth-order valence-corrected chi connectivity index (χ4v) is 3.07. The van der Waals surface area contributed by atoms with E-state index in [1.807, 2.05) is 31.2 Å². The molecule has 120 valence electrons. The first kappa shape index (κ1) is 14.8. The van der Waals surface area contributed by atoms with Crippen LogP contribution in [-0.4, -0.2) is 24.1 Å². The Balaban J connectivity index is 2.19. The number of benzene rings is 1. The van der Waals surface area contributed by atoms with Gasteiger partial charge in [-0.05, 0) is 24.6 Å². The summed E-state index contributed by atoms with van der Waals surface area (Å²) in [6.45, 7) is 2.69. The SMILES string of the molecule is CCCn1ccc2nc3ncnn3c(-c3cccc(Cl)c3)c2c1=O. The van der Waals surface area contributed by atoms with E-state index in [9.17, 15) is 4.79 Å². The van der Waals surface area contributed by atoms with E-state index in [4.69, 9.17) is 11.6 Å². The number of rotatable bonds is 3. The van der Waals surface area contributed by atoms with Crippen LogP contribution in [0.15, 0.2) is 47.7 Å². The summed E-state index contributed by atoms with van der Waals surface area (Å²) in [6.07, 6.45) is 4.08. The minimum Gasteiger partial charge on any atom is -0.315 e. The fourth-order valence-electron chi connectivity index (χ4n) is 2.88. The number of hydrogen-bond acceptors (Lipinski definition) is 4. The van der Waals surface area contributed by atoms with Crippen molar-refractivity contribution >= 4 is 28.3 Å². The van der Waals surface area contributed by atoms with Crippen LogP contribution in [0.25, 0.3) is 27.9 Å². The maximum atomic E-state index is 13.0. The summed E-state index contributed by atoms with van der Waals surface area (Å²) in [5, 5.41) is 5.36. The molecule has 0 aliphatic rings. The van der Waals surface area contributed by atoms with Crippen molar-refractivity contribution in [3.05, 3.63) is 58.2 Å². The van der Waals surface area contributed by atoms with E-state index >= 15 is 0 Å². The molecule has 4 rings (SSSR count). The van der Waals surface area contributed by atoms with Gasteiger partial charge in [-0.1, -0.05) is 30.7 Å². The highest BCUT2D eigenvalue weighted by molar-refractivity contribution is 6.30. The summed E-state index contributed by atoms with van der Waals surface area (Å²) >= 11 is 6.15. The number of hydrogen-bond donors (Lipinski definition) is 0. The topological polar surface area (TPSA) is 65.1 Å². The first-order valence-corrected chi connectivity index (χ1v) is 8.05. The normalized spacial score (nSPS) is 11.4. The van der Waals surface area contributed by atoms with E-state index < -0.39 is 0 Å². The second-order valence-electron chi connectivity index (χ2n) is 5.52. The summed E-state index contributed by atoms with van der Waals surface area (Å²) in [6, 6.07) is 9.20. The molecule has 0 saturated carbocycles. The molecule has 0 fully saturated rings. The number of fused-ring (bicyclic) bond motifs is 2. The number of aromatic nitrogens is 5. The minimum absolute atomic E-state index is 0.0887. The molecule has 6 nitrogen and oxygen atoms in total. The quantitative estimate of drug-likeness (QED) is 0.575.